The van der Waals surface area contributed by atoms with Crippen molar-refractivity contribution in [3.8, 4) is 0 Å². The Bertz CT molecular complexity index is 1400. The summed E-state index contributed by atoms with van der Waals surface area (Å²) in [5.74, 6) is 2.25. The van der Waals surface area contributed by atoms with Crippen LogP contribution < -0.4 is 34.7 Å². The van der Waals surface area contributed by atoms with E-state index >= 15 is 0 Å². The average Bonchev–Trinajstić information content (AvgIpc) is 3.05. The van der Waals surface area contributed by atoms with Gasteiger partial charge in [-0.1, -0.05) is 140 Å². The van der Waals surface area contributed by atoms with Crippen LogP contribution in [-0.4, -0.2) is 22.7 Å². The Morgan fingerprint density at radius 2 is 1.11 bits per heavy atom. The molecule has 4 rings (SSSR count). The van der Waals surface area contributed by atoms with Gasteiger partial charge in [-0.25, -0.2) is 0 Å². The number of carbonyl (C=O) groups is 1. The van der Waals surface area contributed by atoms with E-state index < -0.39 is 5.97 Å². The minimum absolute atomic E-state index is 0. The van der Waals surface area contributed by atoms with Crippen molar-refractivity contribution in [2.45, 2.75) is 49.5 Å². The van der Waals surface area contributed by atoms with E-state index in [2.05, 4.69) is 121 Å². The molecule has 0 fully saturated rings. The molecule has 0 aliphatic rings. The third-order valence-corrected chi connectivity index (χ3v) is 9.69. The van der Waals surface area contributed by atoms with Crippen molar-refractivity contribution >= 4 is 53.8 Å². The van der Waals surface area contributed by atoms with Crippen LogP contribution in [0.5, 0.6) is 0 Å². The van der Waals surface area contributed by atoms with Gasteiger partial charge in [0, 0.05) is 17.0 Å². The molecule has 0 amide bonds. The van der Waals surface area contributed by atoms with E-state index in [9.17, 15) is 9.90 Å². The summed E-state index contributed by atoms with van der Waals surface area (Å²) in [6.07, 6.45) is 13.7. The minimum atomic E-state index is -0.941. The van der Waals surface area contributed by atoms with E-state index in [4.69, 9.17) is 0 Å². The number of aliphatic carboxylic acids is 1. The van der Waals surface area contributed by atoms with Gasteiger partial charge in [-0.3, -0.25) is 0 Å². The monoisotopic (exact) mass is 628 g/mol. The first-order chi connectivity index (χ1) is 21.1. The number of hydrogen-bond donors (Lipinski definition) is 0. The average molecular weight is 629 g/mol. The topological polar surface area (TPSA) is 40.1 Å². The van der Waals surface area contributed by atoms with Gasteiger partial charge in [0.1, 0.15) is 0 Å². The van der Waals surface area contributed by atoms with Crippen LogP contribution in [0.3, 0.4) is 0 Å². The standard InChI is InChI=1S/C39H42O2S2.Na/c40-39(41)14-8-7-13-38(43-30-27-36-21-19-34(20-22-36)17-15-32-9-3-1-4-10-32)28-29-42-31-37-25-23-35(24-26-37)18-16-33-11-5-2-6-12-33;/h1-6,9-12,15-26,38H,7-8,13-14,27-31H2,(H,40,41);/q;+1/p-1/b17-15+,18-16+;. The maximum atomic E-state index is 10.9. The van der Waals surface area contributed by atoms with Crippen LogP contribution in [0.4, 0.5) is 0 Å². The summed E-state index contributed by atoms with van der Waals surface area (Å²) >= 11 is 4.03. The van der Waals surface area contributed by atoms with Crippen LogP contribution in [0.15, 0.2) is 109 Å². The fraction of sp³-hybridized carbons (Fsp3) is 0.256. The van der Waals surface area contributed by atoms with Crippen molar-refractivity contribution in [2.24, 2.45) is 0 Å². The molecule has 0 radical (unpaired) electrons. The van der Waals surface area contributed by atoms with Crippen molar-refractivity contribution in [2.75, 3.05) is 11.5 Å². The Hall–Kier alpha value is -2.47. The second kappa shape index (κ2) is 21.3. The molecule has 0 aromatic heterocycles. The van der Waals surface area contributed by atoms with Crippen molar-refractivity contribution < 1.29 is 39.5 Å². The van der Waals surface area contributed by atoms with Crippen LogP contribution in [0.1, 0.15) is 65.5 Å². The van der Waals surface area contributed by atoms with Gasteiger partial charge in [-0.15, -0.1) is 0 Å². The Morgan fingerprint density at radius 3 is 1.64 bits per heavy atom. The number of carboxylic acid groups (broad SMARTS) is 1. The molecule has 0 spiro atoms. The largest absolute Gasteiger partial charge is 1.00 e. The number of carboxylic acids is 1. The third kappa shape index (κ3) is 14.5. The number of thioether (sulfide) groups is 2. The van der Waals surface area contributed by atoms with Gasteiger partial charge < -0.3 is 9.90 Å². The summed E-state index contributed by atoms with van der Waals surface area (Å²) in [4.78, 5) is 10.9. The molecule has 1 unspecified atom stereocenters. The molecule has 0 saturated heterocycles. The molecular weight excluding hydrogens is 588 g/mol. The zero-order valence-electron chi connectivity index (χ0n) is 25.8. The summed E-state index contributed by atoms with van der Waals surface area (Å²) in [5, 5.41) is 11.4. The number of rotatable bonds is 18. The van der Waals surface area contributed by atoms with Gasteiger partial charge in [0.2, 0.25) is 0 Å². The summed E-state index contributed by atoms with van der Waals surface area (Å²) < 4.78 is 0. The quantitative estimate of drug-likeness (QED) is 0.0736. The number of carbonyl (C=O) groups excluding carboxylic acids is 1. The number of unbranched alkanes of at least 4 members (excludes halogenated alkanes) is 1. The van der Waals surface area contributed by atoms with Crippen LogP contribution >= 0.6 is 23.5 Å². The Morgan fingerprint density at radius 1 is 0.614 bits per heavy atom. The zero-order chi connectivity index (χ0) is 30.0. The summed E-state index contributed by atoms with van der Waals surface area (Å²) in [6, 6.07) is 38.4. The Kier molecular flexibility index (Phi) is 17.4. The molecule has 0 N–H and O–H groups in total. The first-order valence-corrected chi connectivity index (χ1v) is 17.4. The van der Waals surface area contributed by atoms with Gasteiger partial charge in [0.25, 0.3) is 0 Å². The number of aryl methyl sites for hydroxylation is 1. The zero-order valence-corrected chi connectivity index (χ0v) is 29.4. The van der Waals surface area contributed by atoms with Crippen molar-refractivity contribution in [3.63, 3.8) is 0 Å². The maximum Gasteiger partial charge on any atom is 1.00 e. The molecule has 0 saturated carbocycles. The predicted octanol–water partition coefficient (Wildman–Crippen LogP) is 6.31. The molecule has 0 heterocycles. The molecule has 5 heteroatoms. The van der Waals surface area contributed by atoms with E-state index in [-0.39, 0.29) is 36.0 Å². The molecule has 2 nitrogen and oxygen atoms in total. The SMILES string of the molecule is O=C([O-])CCCCC(CCSCc1ccc(/C=C/c2ccccc2)cc1)SCCc1ccc(/C=C/c2ccccc2)cc1.[Na+]. The number of hydrogen-bond acceptors (Lipinski definition) is 4. The van der Waals surface area contributed by atoms with Gasteiger partial charge in [0.15, 0.2) is 0 Å². The Labute approximate surface area is 294 Å². The van der Waals surface area contributed by atoms with Gasteiger partial charge in [0.05, 0.1) is 0 Å². The van der Waals surface area contributed by atoms with E-state index in [0.717, 1.165) is 42.9 Å². The van der Waals surface area contributed by atoms with Crippen molar-refractivity contribution in [3.05, 3.63) is 143 Å². The van der Waals surface area contributed by atoms with Crippen molar-refractivity contribution in [1.82, 2.24) is 0 Å². The van der Waals surface area contributed by atoms with Gasteiger partial charge in [-0.05, 0) is 77.0 Å². The summed E-state index contributed by atoms with van der Waals surface area (Å²) in [5.41, 5.74) is 7.54. The van der Waals surface area contributed by atoms with E-state index in [1.165, 1.54) is 33.4 Å². The first kappa shape index (κ1) is 36.0. The summed E-state index contributed by atoms with van der Waals surface area (Å²) in [6.45, 7) is 0. The first-order valence-electron chi connectivity index (χ1n) is 15.2. The summed E-state index contributed by atoms with van der Waals surface area (Å²) in [7, 11) is 0. The fourth-order valence-corrected chi connectivity index (χ4v) is 7.21. The van der Waals surface area contributed by atoms with Gasteiger partial charge >= 0.3 is 29.6 Å². The second-order valence-corrected chi connectivity index (χ2v) is 13.2. The number of benzene rings is 4. The van der Waals surface area contributed by atoms with Crippen LogP contribution in [0.2, 0.25) is 0 Å². The molecule has 4 aromatic carbocycles. The molecule has 4 aromatic rings. The third-order valence-electron chi connectivity index (χ3n) is 7.25. The normalized spacial score (nSPS) is 11.9. The molecule has 44 heavy (non-hydrogen) atoms. The van der Waals surface area contributed by atoms with Crippen molar-refractivity contribution in [1.29, 1.82) is 0 Å². The minimum Gasteiger partial charge on any atom is -0.550 e. The van der Waals surface area contributed by atoms with Crippen LogP contribution in [0.25, 0.3) is 24.3 Å². The molecular formula is C39H41NaO2S2. The molecule has 0 bridgehead atoms. The van der Waals surface area contributed by atoms with Crippen LogP contribution in [-0.2, 0) is 17.0 Å². The Balaban J connectivity index is 0.00000529. The van der Waals surface area contributed by atoms with E-state index in [1.807, 2.05) is 35.7 Å². The molecule has 0 aliphatic carbocycles. The van der Waals surface area contributed by atoms with E-state index in [0.29, 0.717) is 11.7 Å². The predicted molar refractivity (Wildman–Crippen MR) is 188 cm³/mol. The maximum absolute atomic E-state index is 10.9. The van der Waals surface area contributed by atoms with E-state index in [1.54, 1.807) is 0 Å². The molecule has 222 valence electrons. The molecule has 1 atom stereocenters. The van der Waals surface area contributed by atoms with Crippen LogP contribution in [0, 0.1) is 0 Å². The van der Waals surface area contributed by atoms with Gasteiger partial charge in [-0.2, -0.15) is 23.5 Å². The smallest absolute Gasteiger partial charge is 0.550 e. The fourth-order valence-electron chi connectivity index (χ4n) is 4.73. The second-order valence-electron chi connectivity index (χ2n) is 10.7. The molecule has 0 aliphatic heterocycles.